The average molecular weight is 210 g/mol. The molecule has 3 nitrogen and oxygen atoms in total. The quantitative estimate of drug-likeness (QED) is 0.740. The van der Waals surface area contributed by atoms with Crippen LogP contribution in [0.5, 0.6) is 0 Å². The molecule has 0 radical (unpaired) electrons. The minimum absolute atomic E-state index is 0.223. The van der Waals surface area contributed by atoms with Crippen LogP contribution in [0.3, 0.4) is 0 Å². The lowest BCUT2D eigenvalue weighted by atomic mass is 9.91. The largest absolute Gasteiger partial charge is 0.353 e. The van der Waals surface area contributed by atoms with Crippen LogP contribution in [0.1, 0.15) is 45.4 Å². The molecule has 1 unspecified atom stereocenters. The zero-order valence-corrected chi connectivity index (χ0v) is 9.54. The molecule has 0 aliphatic heterocycles. The standard InChI is InChI=1S/C12H22N2O/c1-8(9-2-3-9)12(15)14-11-6-4-10(13)5-7-11/h8-11H,2-7,13H2,1H3,(H,14,15). The summed E-state index contributed by atoms with van der Waals surface area (Å²) >= 11 is 0. The molecular formula is C12H22N2O. The van der Waals surface area contributed by atoms with Gasteiger partial charge in [0.2, 0.25) is 5.91 Å². The molecule has 0 spiro atoms. The van der Waals surface area contributed by atoms with Crippen molar-refractivity contribution in [3.63, 3.8) is 0 Å². The highest BCUT2D eigenvalue weighted by Gasteiger charge is 2.33. The van der Waals surface area contributed by atoms with Gasteiger partial charge in [0, 0.05) is 18.0 Å². The highest BCUT2D eigenvalue weighted by Crippen LogP contribution is 2.36. The Labute approximate surface area is 91.8 Å². The zero-order valence-electron chi connectivity index (χ0n) is 9.54. The Balaban J connectivity index is 1.73. The molecule has 86 valence electrons. The van der Waals surface area contributed by atoms with Crippen molar-refractivity contribution in [3.8, 4) is 0 Å². The lowest BCUT2D eigenvalue weighted by Gasteiger charge is -2.27. The Bertz CT molecular complexity index is 230. The van der Waals surface area contributed by atoms with E-state index < -0.39 is 0 Å². The molecule has 0 saturated heterocycles. The van der Waals surface area contributed by atoms with E-state index in [1.165, 1.54) is 12.8 Å². The molecule has 0 aromatic rings. The summed E-state index contributed by atoms with van der Waals surface area (Å²) in [6.07, 6.45) is 6.72. The maximum atomic E-state index is 11.8. The molecular weight excluding hydrogens is 188 g/mol. The highest BCUT2D eigenvalue weighted by atomic mass is 16.1. The number of hydrogen-bond acceptors (Lipinski definition) is 2. The number of nitrogens with one attached hydrogen (secondary N) is 1. The maximum absolute atomic E-state index is 11.8. The van der Waals surface area contributed by atoms with Gasteiger partial charge >= 0.3 is 0 Å². The molecule has 1 amide bonds. The van der Waals surface area contributed by atoms with E-state index in [2.05, 4.69) is 12.2 Å². The van der Waals surface area contributed by atoms with Gasteiger partial charge in [-0.3, -0.25) is 4.79 Å². The third kappa shape index (κ3) is 2.94. The van der Waals surface area contributed by atoms with Gasteiger partial charge in [-0.05, 0) is 44.4 Å². The van der Waals surface area contributed by atoms with Crippen molar-refractivity contribution in [2.75, 3.05) is 0 Å². The molecule has 0 aromatic heterocycles. The number of carbonyl (C=O) groups excluding carboxylic acids is 1. The predicted molar refractivity (Wildman–Crippen MR) is 60.3 cm³/mol. The van der Waals surface area contributed by atoms with Crippen LogP contribution in [0, 0.1) is 11.8 Å². The van der Waals surface area contributed by atoms with E-state index in [0.29, 0.717) is 18.0 Å². The third-order valence-corrected chi connectivity index (χ3v) is 3.86. The second kappa shape index (κ2) is 4.52. The van der Waals surface area contributed by atoms with Crippen LogP contribution in [0.25, 0.3) is 0 Å². The summed E-state index contributed by atoms with van der Waals surface area (Å²) in [4.78, 5) is 11.8. The molecule has 2 aliphatic carbocycles. The Kier molecular flexibility index (Phi) is 3.29. The van der Waals surface area contributed by atoms with Gasteiger partial charge in [-0.2, -0.15) is 0 Å². The van der Waals surface area contributed by atoms with E-state index in [0.717, 1.165) is 25.7 Å². The summed E-state index contributed by atoms with van der Waals surface area (Å²) in [5, 5.41) is 3.17. The van der Waals surface area contributed by atoms with Gasteiger partial charge in [0.05, 0.1) is 0 Å². The van der Waals surface area contributed by atoms with Gasteiger partial charge in [0.25, 0.3) is 0 Å². The molecule has 15 heavy (non-hydrogen) atoms. The smallest absolute Gasteiger partial charge is 0.223 e. The topological polar surface area (TPSA) is 55.1 Å². The molecule has 3 N–H and O–H groups in total. The van der Waals surface area contributed by atoms with Gasteiger partial charge in [0.1, 0.15) is 0 Å². The summed E-state index contributed by atoms with van der Waals surface area (Å²) in [5.74, 6) is 1.15. The Hall–Kier alpha value is -0.570. The maximum Gasteiger partial charge on any atom is 0.223 e. The van der Waals surface area contributed by atoms with Gasteiger partial charge < -0.3 is 11.1 Å². The van der Waals surface area contributed by atoms with E-state index in [4.69, 9.17) is 5.73 Å². The number of rotatable bonds is 3. The highest BCUT2D eigenvalue weighted by molar-refractivity contribution is 5.79. The lowest BCUT2D eigenvalue weighted by molar-refractivity contribution is -0.126. The van der Waals surface area contributed by atoms with Crippen LogP contribution in [-0.4, -0.2) is 18.0 Å². The summed E-state index contributed by atoms with van der Waals surface area (Å²) in [5.41, 5.74) is 5.83. The van der Waals surface area contributed by atoms with Crippen LogP contribution < -0.4 is 11.1 Å². The van der Waals surface area contributed by atoms with Gasteiger partial charge in [-0.15, -0.1) is 0 Å². The predicted octanol–water partition coefficient (Wildman–Crippen LogP) is 1.42. The van der Waals surface area contributed by atoms with Gasteiger partial charge in [0.15, 0.2) is 0 Å². The molecule has 3 heteroatoms. The van der Waals surface area contributed by atoms with Crippen molar-refractivity contribution >= 4 is 5.91 Å². The van der Waals surface area contributed by atoms with Gasteiger partial charge in [-0.1, -0.05) is 6.92 Å². The molecule has 2 saturated carbocycles. The molecule has 1 atom stereocenters. The fraction of sp³-hybridized carbons (Fsp3) is 0.917. The van der Waals surface area contributed by atoms with Crippen LogP contribution in [-0.2, 0) is 4.79 Å². The van der Waals surface area contributed by atoms with Crippen molar-refractivity contribution in [3.05, 3.63) is 0 Å². The van der Waals surface area contributed by atoms with E-state index in [9.17, 15) is 4.79 Å². The first-order valence-electron chi connectivity index (χ1n) is 6.22. The Morgan fingerprint density at radius 3 is 2.33 bits per heavy atom. The Morgan fingerprint density at radius 2 is 1.80 bits per heavy atom. The van der Waals surface area contributed by atoms with Crippen molar-refractivity contribution in [1.82, 2.24) is 5.32 Å². The van der Waals surface area contributed by atoms with E-state index >= 15 is 0 Å². The molecule has 2 fully saturated rings. The second-order valence-corrected chi connectivity index (χ2v) is 5.25. The van der Waals surface area contributed by atoms with Crippen LogP contribution >= 0.6 is 0 Å². The SMILES string of the molecule is CC(C(=O)NC1CCC(N)CC1)C1CC1. The van der Waals surface area contributed by atoms with Crippen molar-refractivity contribution in [2.45, 2.75) is 57.5 Å². The van der Waals surface area contributed by atoms with Crippen LogP contribution in [0.2, 0.25) is 0 Å². The normalized spacial score (nSPS) is 33.5. The summed E-state index contributed by atoms with van der Waals surface area (Å²) < 4.78 is 0. The van der Waals surface area contributed by atoms with E-state index in [-0.39, 0.29) is 11.8 Å². The van der Waals surface area contributed by atoms with Crippen molar-refractivity contribution in [2.24, 2.45) is 17.6 Å². The van der Waals surface area contributed by atoms with Crippen LogP contribution in [0.4, 0.5) is 0 Å². The molecule has 2 aliphatic rings. The number of amides is 1. The lowest BCUT2D eigenvalue weighted by Crippen LogP contribution is -2.42. The summed E-state index contributed by atoms with van der Waals surface area (Å²) in [6, 6.07) is 0.748. The number of hydrogen-bond donors (Lipinski definition) is 2. The van der Waals surface area contributed by atoms with Crippen LogP contribution in [0.15, 0.2) is 0 Å². The van der Waals surface area contributed by atoms with E-state index in [1.807, 2.05) is 0 Å². The molecule has 0 aromatic carbocycles. The number of nitrogens with two attached hydrogens (primary N) is 1. The molecule has 0 heterocycles. The van der Waals surface area contributed by atoms with Gasteiger partial charge in [-0.25, -0.2) is 0 Å². The van der Waals surface area contributed by atoms with E-state index in [1.54, 1.807) is 0 Å². The minimum Gasteiger partial charge on any atom is -0.353 e. The first-order chi connectivity index (χ1) is 7.16. The monoisotopic (exact) mass is 210 g/mol. The third-order valence-electron chi connectivity index (χ3n) is 3.86. The average Bonchev–Trinajstić information content (AvgIpc) is 3.04. The Morgan fingerprint density at radius 1 is 1.20 bits per heavy atom. The molecule has 2 rings (SSSR count). The fourth-order valence-corrected chi connectivity index (χ4v) is 2.41. The summed E-state index contributed by atoms with van der Waals surface area (Å²) in [6.45, 7) is 2.06. The fourth-order valence-electron chi connectivity index (χ4n) is 2.41. The number of carbonyl (C=O) groups is 1. The first-order valence-corrected chi connectivity index (χ1v) is 6.22. The van der Waals surface area contributed by atoms with Crippen molar-refractivity contribution in [1.29, 1.82) is 0 Å². The molecule has 0 bridgehead atoms. The zero-order chi connectivity index (χ0) is 10.8. The summed E-state index contributed by atoms with van der Waals surface area (Å²) in [7, 11) is 0. The second-order valence-electron chi connectivity index (χ2n) is 5.25. The van der Waals surface area contributed by atoms with Crippen molar-refractivity contribution < 1.29 is 4.79 Å². The first kappa shape index (κ1) is 10.9. The minimum atomic E-state index is 0.223.